The number of hydrogen-bond donors (Lipinski definition) is 1. The number of nitrogens with two attached hydrogens (primary N) is 1. The lowest BCUT2D eigenvalue weighted by molar-refractivity contribution is 0.209. The van der Waals surface area contributed by atoms with Crippen molar-refractivity contribution in [3.8, 4) is 0 Å². The maximum Gasteiger partial charge on any atom is 0.0546 e. The molecule has 1 saturated heterocycles. The molecule has 0 saturated carbocycles. The molecule has 17 heavy (non-hydrogen) atoms. The van der Waals surface area contributed by atoms with Gasteiger partial charge in [0.05, 0.1) is 12.2 Å². The second-order valence-electron chi connectivity index (χ2n) is 5.52. The summed E-state index contributed by atoms with van der Waals surface area (Å²) in [5, 5.41) is 4.62. The van der Waals surface area contributed by atoms with Gasteiger partial charge in [-0.05, 0) is 52.2 Å². The second-order valence-corrected chi connectivity index (χ2v) is 5.52. The van der Waals surface area contributed by atoms with Crippen LogP contribution in [0.25, 0.3) is 0 Å². The summed E-state index contributed by atoms with van der Waals surface area (Å²) >= 11 is 0. The molecule has 4 heteroatoms. The van der Waals surface area contributed by atoms with Crippen molar-refractivity contribution in [2.24, 2.45) is 5.73 Å². The van der Waals surface area contributed by atoms with Crippen LogP contribution in [0.2, 0.25) is 0 Å². The van der Waals surface area contributed by atoms with Crippen molar-refractivity contribution < 1.29 is 0 Å². The molecule has 0 aromatic carbocycles. The van der Waals surface area contributed by atoms with Gasteiger partial charge in [-0.2, -0.15) is 5.10 Å². The Morgan fingerprint density at radius 2 is 2.06 bits per heavy atom. The number of rotatable bonds is 1. The topological polar surface area (TPSA) is 47.1 Å². The highest BCUT2D eigenvalue weighted by molar-refractivity contribution is 5.25. The van der Waals surface area contributed by atoms with Gasteiger partial charge in [-0.15, -0.1) is 0 Å². The molecule has 2 heterocycles. The molecule has 1 fully saturated rings. The van der Waals surface area contributed by atoms with Crippen molar-refractivity contribution in [1.82, 2.24) is 14.7 Å². The molecule has 0 spiro atoms. The number of hydrogen-bond acceptors (Lipinski definition) is 3. The van der Waals surface area contributed by atoms with Gasteiger partial charge in [-0.25, -0.2) is 0 Å². The predicted molar refractivity (Wildman–Crippen MR) is 67.9 cm³/mol. The van der Waals surface area contributed by atoms with Gasteiger partial charge >= 0.3 is 0 Å². The average molecular weight is 234 g/mol. The highest BCUT2D eigenvalue weighted by Gasteiger charge is 2.26. The Morgan fingerprint density at radius 1 is 1.29 bits per heavy atom. The second kappa shape index (κ2) is 4.42. The molecule has 0 bridgehead atoms. The monoisotopic (exact) mass is 234 g/mol. The Bertz CT molecular complexity index is 390. The smallest absolute Gasteiger partial charge is 0.0546 e. The van der Waals surface area contributed by atoms with Crippen LogP contribution in [0.1, 0.15) is 49.0 Å². The number of aromatic nitrogens is 2. The van der Waals surface area contributed by atoms with Crippen LogP contribution in [-0.2, 0) is 6.42 Å². The van der Waals surface area contributed by atoms with E-state index in [0.29, 0.717) is 6.04 Å². The number of nitrogens with zero attached hydrogens (tertiary/aromatic N) is 3. The van der Waals surface area contributed by atoms with Crippen LogP contribution in [0, 0.1) is 0 Å². The highest BCUT2D eigenvalue weighted by atomic mass is 15.3. The quantitative estimate of drug-likeness (QED) is 0.800. The zero-order valence-electron chi connectivity index (χ0n) is 10.6. The Hall–Kier alpha value is -0.870. The molecule has 1 aromatic heterocycles. The van der Waals surface area contributed by atoms with Crippen LogP contribution in [0.15, 0.2) is 6.20 Å². The summed E-state index contributed by atoms with van der Waals surface area (Å²) in [5.74, 6) is 0. The van der Waals surface area contributed by atoms with Gasteiger partial charge in [0, 0.05) is 17.3 Å². The van der Waals surface area contributed by atoms with E-state index >= 15 is 0 Å². The van der Waals surface area contributed by atoms with Crippen LogP contribution in [-0.4, -0.2) is 34.8 Å². The van der Waals surface area contributed by atoms with Gasteiger partial charge in [0.2, 0.25) is 0 Å². The Balaban J connectivity index is 1.84. The third-order valence-corrected chi connectivity index (χ3v) is 4.29. The molecule has 1 aliphatic heterocycles. The molecule has 1 atom stereocenters. The maximum atomic E-state index is 6.15. The third kappa shape index (κ3) is 2.00. The first-order chi connectivity index (χ1) is 8.25. The minimum atomic E-state index is 0.221. The fourth-order valence-corrected chi connectivity index (χ4v) is 3.17. The summed E-state index contributed by atoms with van der Waals surface area (Å²) in [7, 11) is 2.20. The number of likely N-dealkylation sites (tertiary alicyclic amines) is 1. The zero-order chi connectivity index (χ0) is 11.8. The SMILES string of the molecule is CN1CCC(n2ncc3c2CCCC3N)CC1. The lowest BCUT2D eigenvalue weighted by Crippen LogP contribution is -2.32. The molecule has 1 unspecified atom stereocenters. The summed E-state index contributed by atoms with van der Waals surface area (Å²) in [6.07, 6.45) is 7.95. The van der Waals surface area contributed by atoms with Gasteiger partial charge in [0.1, 0.15) is 0 Å². The van der Waals surface area contributed by atoms with E-state index in [2.05, 4.69) is 21.7 Å². The van der Waals surface area contributed by atoms with E-state index < -0.39 is 0 Å². The molecular formula is C13H22N4. The zero-order valence-corrected chi connectivity index (χ0v) is 10.6. The summed E-state index contributed by atoms with van der Waals surface area (Å²) < 4.78 is 2.28. The fourth-order valence-electron chi connectivity index (χ4n) is 3.17. The van der Waals surface area contributed by atoms with Crippen LogP contribution < -0.4 is 5.73 Å². The van der Waals surface area contributed by atoms with Crippen molar-refractivity contribution in [3.05, 3.63) is 17.5 Å². The van der Waals surface area contributed by atoms with Crippen molar-refractivity contribution in [1.29, 1.82) is 0 Å². The molecule has 1 aliphatic carbocycles. The van der Waals surface area contributed by atoms with E-state index in [1.807, 2.05) is 6.20 Å². The minimum Gasteiger partial charge on any atom is -0.324 e. The Labute approximate surface area is 103 Å². The van der Waals surface area contributed by atoms with Gasteiger partial charge in [0.15, 0.2) is 0 Å². The maximum absolute atomic E-state index is 6.15. The summed E-state index contributed by atoms with van der Waals surface area (Å²) in [6, 6.07) is 0.819. The van der Waals surface area contributed by atoms with E-state index in [1.54, 1.807) is 0 Å². The van der Waals surface area contributed by atoms with Crippen molar-refractivity contribution in [3.63, 3.8) is 0 Å². The first-order valence-corrected chi connectivity index (χ1v) is 6.76. The standard InChI is InChI=1S/C13H22N4/c1-16-7-5-10(6-8-16)17-13-4-2-3-12(14)11(13)9-15-17/h9-10,12H,2-8,14H2,1H3. The first-order valence-electron chi connectivity index (χ1n) is 6.76. The van der Waals surface area contributed by atoms with Gasteiger partial charge in [-0.3, -0.25) is 4.68 Å². The summed E-state index contributed by atoms with van der Waals surface area (Å²) in [5.41, 5.74) is 8.87. The minimum absolute atomic E-state index is 0.221. The van der Waals surface area contributed by atoms with Crippen LogP contribution in [0.5, 0.6) is 0 Å². The Morgan fingerprint density at radius 3 is 2.82 bits per heavy atom. The van der Waals surface area contributed by atoms with Crippen molar-refractivity contribution >= 4 is 0 Å². The predicted octanol–water partition coefficient (Wildman–Crippen LogP) is 1.49. The van der Waals surface area contributed by atoms with E-state index in [9.17, 15) is 0 Å². The Kier molecular flexibility index (Phi) is 2.92. The molecule has 2 N–H and O–H groups in total. The van der Waals surface area contributed by atoms with Gasteiger partial charge < -0.3 is 10.6 Å². The molecule has 2 aliphatic rings. The summed E-state index contributed by atoms with van der Waals surface area (Å²) in [4.78, 5) is 2.40. The molecule has 0 amide bonds. The molecule has 94 valence electrons. The van der Waals surface area contributed by atoms with Crippen LogP contribution >= 0.6 is 0 Å². The van der Waals surface area contributed by atoms with E-state index in [0.717, 1.165) is 12.8 Å². The van der Waals surface area contributed by atoms with Gasteiger partial charge in [0.25, 0.3) is 0 Å². The lowest BCUT2D eigenvalue weighted by Gasteiger charge is -2.31. The lowest BCUT2D eigenvalue weighted by atomic mass is 9.93. The fraction of sp³-hybridized carbons (Fsp3) is 0.769. The van der Waals surface area contributed by atoms with Crippen molar-refractivity contribution in [2.75, 3.05) is 20.1 Å². The molecule has 1 aromatic rings. The highest BCUT2D eigenvalue weighted by Crippen LogP contribution is 2.31. The normalized spacial score (nSPS) is 27.1. The largest absolute Gasteiger partial charge is 0.324 e. The molecule has 0 radical (unpaired) electrons. The summed E-state index contributed by atoms with van der Waals surface area (Å²) in [6.45, 7) is 2.37. The number of fused-ring (bicyclic) bond motifs is 1. The number of piperidine rings is 1. The average Bonchev–Trinajstić information content (AvgIpc) is 2.75. The van der Waals surface area contributed by atoms with E-state index in [1.165, 1.54) is 43.6 Å². The van der Waals surface area contributed by atoms with Crippen LogP contribution in [0.3, 0.4) is 0 Å². The molecular weight excluding hydrogens is 212 g/mol. The van der Waals surface area contributed by atoms with Crippen LogP contribution in [0.4, 0.5) is 0 Å². The van der Waals surface area contributed by atoms with Crippen molar-refractivity contribution in [2.45, 2.75) is 44.2 Å². The van der Waals surface area contributed by atoms with E-state index in [4.69, 9.17) is 5.73 Å². The van der Waals surface area contributed by atoms with Gasteiger partial charge in [-0.1, -0.05) is 0 Å². The molecule has 4 nitrogen and oxygen atoms in total. The first kappa shape index (κ1) is 11.2. The third-order valence-electron chi connectivity index (χ3n) is 4.29. The van der Waals surface area contributed by atoms with E-state index in [-0.39, 0.29) is 6.04 Å². The molecule has 3 rings (SSSR count).